The van der Waals surface area contributed by atoms with Crippen molar-refractivity contribution in [1.82, 2.24) is 0 Å². The standard InChI is InChI=1S/C14H15NO3/c15-9-12(10-16)11-4-6-13(7-5-11)18-14-3-1-2-8-17-14/h4-7,10,12,14H,1-3,8H2. The van der Waals surface area contributed by atoms with E-state index in [1.807, 2.05) is 6.07 Å². The molecule has 1 fully saturated rings. The molecule has 0 saturated carbocycles. The van der Waals surface area contributed by atoms with Crippen LogP contribution in [0.15, 0.2) is 24.3 Å². The summed E-state index contributed by atoms with van der Waals surface area (Å²) in [7, 11) is 0. The fraction of sp³-hybridized carbons (Fsp3) is 0.429. The van der Waals surface area contributed by atoms with Crippen LogP contribution in [0.1, 0.15) is 30.7 Å². The summed E-state index contributed by atoms with van der Waals surface area (Å²) in [6.07, 6.45) is 3.56. The third-order valence-electron chi connectivity index (χ3n) is 2.92. The maximum Gasteiger partial charge on any atom is 0.199 e. The zero-order chi connectivity index (χ0) is 12.8. The van der Waals surface area contributed by atoms with Gasteiger partial charge in [-0.15, -0.1) is 0 Å². The first-order chi connectivity index (χ1) is 8.83. The molecule has 0 spiro atoms. The second kappa shape index (κ2) is 6.18. The van der Waals surface area contributed by atoms with Gasteiger partial charge in [0, 0.05) is 6.42 Å². The molecular weight excluding hydrogens is 230 g/mol. The van der Waals surface area contributed by atoms with Crippen molar-refractivity contribution >= 4 is 6.29 Å². The largest absolute Gasteiger partial charge is 0.465 e. The van der Waals surface area contributed by atoms with E-state index in [1.54, 1.807) is 24.3 Å². The van der Waals surface area contributed by atoms with Crippen LogP contribution in [0.3, 0.4) is 0 Å². The van der Waals surface area contributed by atoms with E-state index in [9.17, 15) is 4.79 Å². The summed E-state index contributed by atoms with van der Waals surface area (Å²) in [5.74, 6) is -0.00165. The normalized spacial score (nSPS) is 20.7. The highest BCUT2D eigenvalue weighted by Gasteiger charge is 2.15. The van der Waals surface area contributed by atoms with Crippen molar-refractivity contribution in [2.75, 3.05) is 6.61 Å². The molecule has 1 aliphatic rings. The molecule has 2 rings (SSSR count). The summed E-state index contributed by atoms with van der Waals surface area (Å²) in [4.78, 5) is 10.7. The van der Waals surface area contributed by atoms with E-state index in [0.717, 1.165) is 25.9 Å². The monoisotopic (exact) mass is 245 g/mol. The number of hydrogen-bond donors (Lipinski definition) is 0. The highest BCUT2D eigenvalue weighted by Crippen LogP contribution is 2.21. The van der Waals surface area contributed by atoms with Crippen LogP contribution in [0.4, 0.5) is 0 Å². The Balaban J connectivity index is 1.99. The first-order valence-electron chi connectivity index (χ1n) is 6.06. The number of benzene rings is 1. The van der Waals surface area contributed by atoms with Crippen LogP contribution >= 0.6 is 0 Å². The molecule has 1 heterocycles. The number of rotatable bonds is 4. The lowest BCUT2D eigenvalue weighted by molar-refractivity contribution is -0.108. The lowest BCUT2D eigenvalue weighted by atomic mass is 10.0. The van der Waals surface area contributed by atoms with E-state index in [1.165, 1.54) is 0 Å². The van der Waals surface area contributed by atoms with Crippen molar-refractivity contribution in [1.29, 1.82) is 5.26 Å². The average Bonchev–Trinajstić information content (AvgIpc) is 2.43. The van der Waals surface area contributed by atoms with E-state index in [-0.39, 0.29) is 6.29 Å². The molecule has 1 saturated heterocycles. The van der Waals surface area contributed by atoms with E-state index in [0.29, 0.717) is 17.6 Å². The summed E-state index contributed by atoms with van der Waals surface area (Å²) in [6.45, 7) is 0.740. The number of ether oxygens (including phenoxy) is 2. The van der Waals surface area contributed by atoms with E-state index in [2.05, 4.69) is 0 Å². The second-order valence-corrected chi connectivity index (χ2v) is 4.23. The first kappa shape index (κ1) is 12.6. The van der Waals surface area contributed by atoms with Gasteiger partial charge in [0.2, 0.25) is 0 Å². The Morgan fingerprint density at radius 2 is 2.17 bits per heavy atom. The molecule has 0 amide bonds. The number of nitrogens with zero attached hydrogens (tertiary/aromatic N) is 1. The van der Waals surface area contributed by atoms with Gasteiger partial charge in [0.1, 0.15) is 18.0 Å². The van der Waals surface area contributed by atoms with E-state index >= 15 is 0 Å². The number of carbonyl (C=O) groups excluding carboxylic acids is 1. The maximum atomic E-state index is 10.7. The van der Waals surface area contributed by atoms with Crippen LogP contribution in [-0.4, -0.2) is 19.2 Å². The number of carbonyl (C=O) groups is 1. The fourth-order valence-corrected chi connectivity index (χ4v) is 1.89. The molecule has 1 aromatic carbocycles. The molecule has 2 atom stereocenters. The summed E-state index contributed by atoms with van der Waals surface area (Å²) < 4.78 is 11.1. The van der Waals surface area contributed by atoms with Crippen LogP contribution in [0.2, 0.25) is 0 Å². The molecule has 0 aromatic heterocycles. The minimum atomic E-state index is -0.704. The van der Waals surface area contributed by atoms with Crippen LogP contribution in [-0.2, 0) is 9.53 Å². The number of hydrogen-bond acceptors (Lipinski definition) is 4. The predicted molar refractivity (Wildman–Crippen MR) is 65.1 cm³/mol. The SMILES string of the molecule is N#CC(C=O)c1ccc(OC2CCCCO2)cc1. The van der Waals surface area contributed by atoms with Crippen molar-refractivity contribution in [3.05, 3.63) is 29.8 Å². The van der Waals surface area contributed by atoms with Crippen LogP contribution in [0.5, 0.6) is 5.75 Å². The van der Waals surface area contributed by atoms with Crippen molar-refractivity contribution in [2.24, 2.45) is 0 Å². The molecule has 0 N–H and O–H groups in total. The van der Waals surface area contributed by atoms with Crippen LogP contribution in [0.25, 0.3) is 0 Å². The Morgan fingerprint density at radius 1 is 1.39 bits per heavy atom. The van der Waals surface area contributed by atoms with Crippen molar-refractivity contribution < 1.29 is 14.3 Å². The topological polar surface area (TPSA) is 59.3 Å². The molecule has 2 unspecified atom stereocenters. The minimum absolute atomic E-state index is 0.178. The average molecular weight is 245 g/mol. The van der Waals surface area contributed by atoms with E-state index in [4.69, 9.17) is 14.7 Å². The molecule has 1 aliphatic heterocycles. The van der Waals surface area contributed by atoms with Crippen molar-refractivity contribution in [2.45, 2.75) is 31.5 Å². The minimum Gasteiger partial charge on any atom is -0.465 e. The van der Waals surface area contributed by atoms with Gasteiger partial charge in [0.25, 0.3) is 0 Å². The Kier molecular flexibility index (Phi) is 4.32. The highest BCUT2D eigenvalue weighted by atomic mass is 16.7. The first-order valence-corrected chi connectivity index (χ1v) is 6.06. The van der Waals surface area contributed by atoms with Gasteiger partial charge in [-0.25, -0.2) is 0 Å². The summed E-state index contributed by atoms with van der Waals surface area (Å²) >= 11 is 0. The maximum absolute atomic E-state index is 10.7. The molecule has 1 aromatic rings. The van der Waals surface area contributed by atoms with Gasteiger partial charge in [0.15, 0.2) is 6.29 Å². The van der Waals surface area contributed by atoms with Gasteiger partial charge in [-0.1, -0.05) is 12.1 Å². The second-order valence-electron chi connectivity index (χ2n) is 4.23. The van der Waals surface area contributed by atoms with Gasteiger partial charge in [0.05, 0.1) is 12.7 Å². The Bertz CT molecular complexity index is 429. The number of nitriles is 1. The molecule has 0 radical (unpaired) electrons. The molecule has 4 nitrogen and oxygen atoms in total. The lowest BCUT2D eigenvalue weighted by Crippen LogP contribution is -2.24. The van der Waals surface area contributed by atoms with Crippen LogP contribution in [0, 0.1) is 11.3 Å². The Labute approximate surface area is 106 Å². The van der Waals surface area contributed by atoms with Gasteiger partial charge in [-0.2, -0.15) is 5.26 Å². The summed E-state index contributed by atoms with van der Waals surface area (Å²) in [5, 5.41) is 8.78. The fourth-order valence-electron chi connectivity index (χ4n) is 1.89. The third kappa shape index (κ3) is 3.08. The lowest BCUT2D eigenvalue weighted by Gasteiger charge is -2.23. The molecular formula is C14H15NO3. The molecule has 4 heteroatoms. The smallest absolute Gasteiger partial charge is 0.199 e. The Hall–Kier alpha value is -1.86. The van der Waals surface area contributed by atoms with Gasteiger partial charge in [-0.3, -0.25) is 0 Å². The molecule has 18 heavy (non-hydrogen) atoms. The van der Waals surface area contributed by atoms with E-state index < -0.39 is 5.92 Å². The van der Waals surface area contributed by atoms with Gasteiger partial charge < -0.3 is 14.3 Å². The van der Waals surface area contributed by atoms with Crippen LogP contribution < -0.4 is 4.74 Å². The Morgan fingerprint density at radius 3 is 2.72 bits per heavy atom. The molecule has 94 valence electrons. The number of aldehydes is 1. The van der Waals surface area contributed by atoms with Gasteiger partial charge >= 0.3 is 0 Å². The summed E-state index contributed by atoms with van der Waals surface area (Å²) in [5.41, 5.74) is 0.685. The van der Waals surface area contributed by atoms with Crippen molar-refractivity contribution in [3.8, 4) is 11.8 Å². The highest BCUT2D eigenvalue weighted by molar-refractivity contribution is 5.66. The molecule has 0 aliphatic carbocycles. The molecule has 0 bridgehead atoms. The zero-order valence-electron chi connectivity index (χ0n) is 10.0. The predicted octanol–water partition coefficient (Wildman–Crippen LogP) is 2.40. The zero-order valence-corrected chi connectivity index (χ0v) is 10.0. The summed E-state index contributed by atoms with van der Waals surface area (Å²) in [6, 6.07) is 8.94. The quantitative estimate of drug-likeness (QED) is 0.764. The third-order valence-corrected chi connectivity index (χ3v) is 2.92. The van der Waals surface area contributed by atoms with Crippen molar-refractivity contribution in [3.63, 3.8) is 0 Å². The van der Waals surface area contributed by atoms with Gasteiger partial charge in [-0.05, 0) is 30.5 Å².